The molecule has 3 amide bonds. The number of nitrogens with two attached hydrogens (primary N) is 1. The van der Waals surface area contributed by atoms with Gasteiger partial charge < -0.3 is 20.7 Å². The van der Waals surface area contributed by atoms with E-state index >= 15 is 0 Å². The maximum atomic E-state index is 12.8. The molecule has 2 aromatic rings. The number of fused-ring (bicyclic) bond motifs is 1. The van der Waals surface area contributed by atoms with E-state index < -0.39 is 5.91 Å². The van der Waals surface area contributed by atoms with Crippen LogP contribution in [0.15, 0.2) is 54.1 Å². The SMILES string of the molecule is CCN(CCC(=O)Nc1ccc(C(N)=O)cc1)C(=O)C1=Cc2ccccc2OC1. The fourth-order valence-corrected chi connectivity index (χ4v) is 3.02. The van der Waals surface area contributed by atoms with E-state index in [1.54, 1.807) is 29.2 Å². The zero-order valence-corrected chi connectivity index (χ0v) is 16.2. The van der Waals surface area contributed by atoms with Crippen molar-refractivity contribution in [2.45, 2.75) is 13.3 Å². The number of carbonyl (C=O) groups excluding carboxylic acids is 3. The van der Waals surface area contributed by atoms with Crippen molar-refractivity contribution < 1.29 is 19.1 Å². The highest BCUT2D eigenvalue weighted by Gasteiger charge is 2.22. The zero-order valence-electron chi connectivity index (χ0n) is 16.2. The summed E-state index contributed by atoms with van der Waals surface area (Å²) in [6.07, 6.45) is 1.99. The second-order valence-corrected chi connectivity index (χ2v) is 6.62. The third-order valence-electron chi connectivity index (χ3n) is 4.64. The summed E-state index contributed by atoms with van der Waals surface area (Å²) in [7, 11) is 0. The Hall–Kier alpha value is -3.61. The minimum absolute atomic E-state index is 0.138. The third kappa shape index (κ3) is 5.01. The lowest BCUT2D eigenvalue weighted by molar-refractivity contribution is -0.127. The molecule has 7 nitrogen and oxygen atoms in total. The number of carbonyl (C=O) groups is 3. The molecule has 0 aliphatic carbocycles. The molecule has 7 heteroatoms. The Balaban J connectivity index is 1.57. The summed E-state index contributed by atoms with van der Waals surface area (Å²) >= 11 is 0. The number of nitrogens with one attached hydrogen (secondary N) is 1. The summed E-state index contributed by atoms with van der Waals surface area (Å²) in [6, 6.07) is 13.9. The Kier molecular flexibility index (Phi) is 6.29. The van der Waals surface area contributed by atoms with Crippen molar-refractivity contribution in [1.82, 2.24) is 4.90 Å². The molecular formula is C22H23N3O4. The van der Waals surface area contributed by atoms with E-state index in [1.165, 1.54) is 0 Å². The Morgan fingerprint density at radius 2 is 1.83 bits per heavy atom. The van der Waals surface area contributed by atoms with Crippen molar-refractivity contribution in [3.05, 3.63) is 65.2 Å². The van der Waals surface area contributed by atoms with Crippen LogP contribution in [0.3, 0.4) is 0 Å². The van der Waals surface area contributed by atoms with Gasteiger partial charge in [0.2, 0.25) is 11.8 Å². The Morgan fingerprint density at radius 1 is 1.10 bits per heavy atom. The van der Waals surface area contributed by atoms with E-state index in [1.807, 2.05) is 37.3 Å². The lowest BCUT2D eigenvalue weighted by atomic mass is 10.1. The molecule has 29 heavy (non-hydrogen) atoms. The molecule has 0 atom stereocenters. The van der Waals surface area contributed by atoms with Gasteiger partial charge in [-0.1, -0.05) is 18.2 Å². The van der Waals surface area contributed by atoms with Gasteiger partial charge in [-0.15, -0.1) is 0 Å². The molecule has 0 saturated carbocycles. The number of para-hydroxylation sites is 1. The van der Waals surface area contributed by atoms with Crippen molar-refractivity contribution in [2.75, 3.05) is 25.0 Å². The van der Waals surface area contributed by atoms with Gasteiger partial charge in [0.05, 0.1) is 5.57 Å². The molecule has 0 spiro atoms. The molecule has 2 aromatic carbocycles. The van der Waals surface area contributed by atoms with E-state index in [-0.39, 0.29) is 24.8 Å². The summed E-state index contributed by atoms with van der Waals surface area (Å²) in [5.74, 6) is -0.125. The number of benzene rings is 2. The number of nitrogens with zero attached hydrogens (tertiary/aromatic N) is 1. The van der Waals surface area contributed by atoms with Crippen LogP contribution in [-0.4, -0.2) is 42.3 Å². The van der Waals surface area contributed by atoms with E-state index in [0.29, 0.717) is 29.9 Å². The van der Waals surface area contributed by atoms with Gasteiger partial charge in [-0.2, -0.15) is 0 Å². The molecular weight excluding hydrogens is 370 g/mol. The molecule has 3 N–H and O–H groups in total. The number of ether oxygens (including phenoxy) is 1. The highest BCUT2D eigenvalue weighted by molar-refractivity contribution is 5.99. The van der Waals surface area contributed by atoms with Crippen molar-refractivity contribution in [1.29, 1.82) is 0 Å². The molecule has 150 valence electrons. The quantitative estimate of drug-likeness (QED) is 0.754. The molecule has 0 saturated heterocycles. The average Bonchev–Trinajstić information content (AvgIpc) is 2.74. The van der Waals surface area contributed by atoms with Gasteiger partial charge >= 0.3 is 0 Å². The number of hydrogen-bond donors (Lipinski definition) is 2. The second-order valence-electron chi connectivity index (χ2n) is 6.62. The van der Waals surface area contributed by atoms with Gasteiger partial charge in [0.1, 0.15) is 12.4 Å². The Morgan fingerprint density at radius 3 is 2.52 bits per heavy atom. The van der Waals surface area contributed by atoms with Crippen LogP contribution in [0.5, 0.6) is 5.75 Å². The molecule has 0 aromatic heterocycles. The van der Waals surface area contributed by atoms with Gasteiger partial charge in [0, 0.05) is 36.3 Å². The van der Waals surface area contributed by atoms with Crippen LogP contribution < -0.4 is 15.8 Å². The van der Waals surface area contributed by atoms with Crippen molar-refractivity contribution in [2.24, 2.45) is 5.73 Å². The first-order valence-electron chi connectivity index (χ1n) is 9.39. The molecule has 0 bridgehead atoms. The number of likely N-dealkylation sites (N-methyl/N-ethyl adjacent to an activating group) is 1. The highest BCUT2D eigenvalue weighted by Crippen LogP contribution is 2.26. The number of amides is 3. The molecule has 1 heterocycles. The van der Waals surface area contributed by atoms with E-state index in [0.717, 1.165) is 11.3 Å². The van der Waals surface area contributed by atoms with Crippen LogP contribution in [0, 0.1) is 0 Å². The number of primary amides is 1. The Bertz CT molecular complexity index is 951. The van der Waals surface area contributed by atoms with Crippen molar-refractivity contribution >= 4 is 29.5 Å². The smallest absolute Gasteiger partial charge is 0.253 e. The maximum absolute atomic E-state index is 12.8. The molecule has 1 aliphatic heterocycles. The van der Waals surface area contributed by atoms with Crippen LogP contribution >= 0.6 is 0 Å². The molecule has 1 aliphatic rings. The lowest BCUT2D eigenvalue weighted by Crippen LogP contribution is -2.36. The van der Waals surface area contributed by atoms with Crippen molar-refractivity contribution in [3.8, 4) is 5.75 Å². The van der Waals surface area contributed by atoms with Crippen molar-refractivity contribution in [3.63, 3.8) is 0 Å². The van der Waals surface area contributed by atoms with E-state index in [2.05, 4.69) is 5.32 Å². The number of rotatable bonds is 7. The standard InChI is InChI=1S/C22H23N3O4/c1-2-25(22(28)17-13-16-5-3-4-6-19(16)29-14-17)12-11-20(26)24-18-9-7-15(8-10-18)21(23)27/h3-10,13H,2,11-12,14H2,1H3,(H2,23,27)(H,24,26). The van der Waals surface area contributed by atoms with Gasteiger partial charge in [-0.3, -0.25) is 14.4 Å². The normalized spacial score (nSPS) is 12.2. The average molecular weight is 393 g/mol. The van der Waals surface area contributed by atoms with Crippen LogP contribution in [-0.2, 0) is 9.59 Å². The number of anilines is 1. The second kappa shape index (κ2) is 9.05. The molecule has 0 fully saturated rings. The van der Waals surface area contributed by atoms with E-state index in [4.69, 9.17) is 10.5 Å². The first kappa shape index (κ1) is 20.1. The monoisotopic (exact) mass is 393 g/mol. The molecule has 3 rings (SSSR count). The summed E-state index contributed by atoms with van der Waals surface area (Å²) < 4.78 is 5.65. The predicted molar refractivity (Wildman–Crippen MR) is 110 cm³/mol. The van der Waals surface area contributed by atoms with Crippen LogP contribution in [0.2, 0.25) is 0 Å². The van der Waals surface area contributed by atoms with Crippen LogP contribution in [0.1, 0.15) is 29.3 Å². The van der Waals surface area contributed by atoms with Crippen LogP contribution in [0.25, 0.3) is 6.08 Å². The number of hydrogen-bond acceptors (Lipinski definition) is 4. The van der Waals surface area contributed by atoms with Gasteiger partial charge in [-0.25, -0.2) is 0 Å². The Labute approximate surface area is 169 Å². The fraction of sp³-hybridized carbons (Fsp3) is 0.227. The topological polar surface area (TPSA) is 102 Å². The summed E-state index contributed by atoms with van der Waals surface area (Å²) in [6.45, 7) is 2.86. The minimum atomic E-state index is -0.524. The van der Waals surface area contributed by atoms with Gasteiger partial charge in [-0.05, 0) is 43.3 Å². The largest absolute Gasteiger partial charge is 0.488 e. The summed E-state index contributed by atoms with van der Waals surface area (Å²) in [5.41, 5.74) is 7.57. The first-order valence-corrected chi connectivity index (χ1v) is 9.39. The highest BCUT2D eigenvalue weighted by atomic mass is 16.5. The van der Waals surface area contributed by atoms with Crippen LogP contribution in [0.4, 0.5) is 5.69 Å². The fourth-order valence-electron chi connectivity index (χ4n) is 3.02. The van der Waals surface area contributed by atoms with E-state index in [9.17, 15) is 14.4 Å². The maximum Gasteiger partial charge on any atom is 0.253 e. The third-order valence-corrected chi connectivity index (χ3v) is 4.64. The molecule has 0 radical (unpaired) electrons. The summed E-state index contributed by atoms with van der Waals surface area (Å²) in [4.78, 5) is 37.8. The van der Waals surface area contributed by atoms with Gasteiger partial charge in [0.25, 0.3) is 5.91 Å². The molecule has 0 unspecified atom stereocenters. The zero-order chi connectivity index (χ0) is 20.8. The first-order chi connectivity index (χ1) is 14.0. The predicted octanol–water partition coefficient (Wildman–Crippen LogP) is 2.44. The lowest BCUT2D eigenvalue weighted by Gasteiger charge is -2.24. The minimum Gasteiger partial charge on any atom is -0.488 e. The summed E-state index contributed by atoms with van der Waals surface area (Å²) in [5, 5.41) is 2.75. The van der Waals surface area contributed by atoms with Gasteiger partial charge in [0.15, 0.2) is 0 Å².